The second-order valence-electron chi connectivity index (χ2n) is 5.74. The summed E-state index contributed by atoms with van der Waals surface area (Å²) in [4.78, 5) is 15.6. The van der Waals surface area contributed by atoms with Gasteiger partial charge in [-0.15, -0.1) is 0 Å². The fraction of sp³-hybridized carbons (Fsp3) is 0.833. The molecule has 2 atom stereocenters. The molecule has 0 saturated carbocycles. The van der Waals surface area contributed by atoms with E-state index in [0.717, 1.165) is 38.5 Å². The summed E-state index contributed by atoms with van der Waals surface area (Å²) in [6.07, 6.45) is 2.84. The van der Waals surface area contributed by atoms with Gasteiger partial charge >= 0.3 is 0 Å². The number of rotatable bonds is 4. The standard InChI is InChI=1S/C12H21N7O/c1-17-12(14-15-16-17)19-5-2-3-9-7-18(8-10(9)19)6-4-11(13)20/h9-10H,2-8H2,1H3,(H2,13,20). The minimum atomic E-state index is -0.228. The number of hydrogen-bond donors (Lipinski definition) is 1. The maximum absolute atomic E-state index is 10.9. The van der Waals surface area contributed by atoms with Gasteiger partial charge in [-0.25, -0.2) is 4.68 Å². The van der Waals surface area contributed by atoms with Crippen LogP contribution in [0.2, 0.25) is 0 Å². The van der Waals surface area contributed by atoms with Gasteiger partial charge in [0.15, 0.2) is 0 Å². The van der Waals surface area contributed by atoms with Crippen LogP contribution in [-0.4, -0.2) is 63.2 Å². The van der Waals surface area contributed by atoms with Gasteiger partial charge in [-0.2, -0.15) is 0 Å². The van der Waals surface area contributed by atoms with Gasteiger partial charge in [0.1, 0.15) is 0 Å². The number of hydrogen-bond acceptors (Lipinski definition) is 6. The van der Waals surface area contributed by atoms with Gasteiger partial charge in [0.2, 0.25) is 11.9 Å². The van der Waals surface area contributed by atoms with Crippen LogP contribution in [0.5, 0.6) is 0 Å². The van der Waals surface area contributed by atoms with E-state index in [0.29, 0.717) is 18.4 Å². The van der Waals surface area contributed by atoms with E-state index in [1.54, 1.807) is 4.68 Å². The van der Waals surface area contributed by atoms with Crippen molar-refractivity contribution in [2.24, 2.45) is 18.7 Å². The molecule has 0 spiro atoms. The lowest BCUT2D eigenvalue weighted by Gasteiger charge is -2.36. The van der Waals surface area contributed by atoms with Crippen LogP contribution in [-0.2, 0) is 11.8 Å². The van der Waals surface area contributed by atoms with Crippen LogP contribution in [0.1, 0.15) is 19.3 Å². The van der Waals surface area contributed by atoms with Crippen molar-refractivity contribution in [3.05, 3.63) is 0 Å². The lowest BCUT2D eigenvalue weighted by atomic mass is 9.92. The molecule has 1 aromatic heterocycles. The first kappa shape index (κ1) is 13.3. The minimum Gasteiger partial charge on any atom is -0.370 e. The fourth-order valence-electron chi connectivity index (χ4n) is 3.44. The van der Waals surface area contributed by atoms with E-state index in [1.165, 1.54) is 6.42 Å². The third-order valence-corrected chi connectivity index (χ3v) is 4.39. The summed E-state index contributed by atoms with van der Waals surface area (Å²) in [6.45, 7) is 3.76. The molecular formula is C12H21N7O. The monoisotopic (exact) mass is 279 g/mol. The highest BCUT2D eigenvalue weighted by Gasteiger charge is 2.40. The van der Waals surface area contributed by atoms with Crippen molar-refractivity contribution < 1.29 is 4.79 Å². The number of nitrogens with two attached hydrogens (primary N) is 1. The predicted octanol–water partition coefficient (Wildman–Crippen LogP) is -1.01. The Balaban J connectivity index is 1.70. The largest absolute Gasteiger partial charge is 0.370 e. The number of amides is 1. The zero-order chi connectivity index (χ0) is 14.1. The maximum atomic E-state index is 10.9. The molecule has 2 aliphatic heterocycles. The number of nitrogens with zero attached hydrogens (tertiary/aromatic N) is 6. The Kier molecular flexibility index (Phi) is 3.56. The molecule has 2 saturated heterocycles. The summed E-state index contributed by atoms with van der Waals surface area (Å²) in [6, 6.07) is 0.446. The quantitative estimate of drug-likeness (QED) is 0.759. The number of piperidine rings is 1. The molecule has 0 radical (unpaired) electrons. The predicted molar refractivity (Wildman–Crippen MR) is 72.9 cm³/mol. The summed E-state index contributed by atoms with van der Waals surface area (Å²) >= 11 is 0. The second kappa shape index (κ2) is 5.35. The van der Waals surface area contributed by atoms with E-state index in [2.05, 4.69) is 25.3 Å². The van der Waals surface area contributed by atoms with Crippen LogP contribution in [0.4, 0.5) is 5.95 Å². The van der Waals surface area contributed by atoms with Gasteiger partial charge in [0.05, 0.1) is 0 Å². The van der Waals surface area contributed by atoms with E-state index in [9.17, 15) is 4.79 Å². The third kappa shape index (κ3) is 2.47. The minimum absolute atomic E-state index is 0.228. The maximum Gasteiger partial charge on any atom is 0.245 e. The smallest absolute Gasteiger partial charge is 0.245 e. The van der Waals surface area contributed by atoms with Crippen LogP contribution in [0.3, 0.4) is 0 Å². The molecule has 2 fully saturated rings. The molecule has 3 heterocycles. The highest BCUT2D eigenvalue weighted by molar-refractivity contribution is 5.73. The lowest BCUT2D eigenvalue weighted by molar-refractivity contribution is -0.118. The SMILES string of the molecule is Cn1nnnc1N1CCCC2CN(CCC(N)=O)CC21. The number of aryl methyl sites for hydroxylation is 1. The highest BCUT2D eigenvalue weighted by Crippen LogP contribution is 2.32. The van der Waals surface area contributed by atoms with Gasteiger partial charge in [-0.1, -0.05) is 5.10 Å². The number of likely N-dealkylation sites (tertiary alicyclic amines) is 1. The van der Waals surface area contributed by atoms with Crippen LogP contribution in [0.25, 0.3) is 0 Å². The number of carbonyl (C=O) groups is 1. The van der Waals surface area contributed by atoms with E-state index in [4.69, 9.17) is 5.73 Å². The topological polar surface area (TPSA) is 93.2 Å². The molecular weight excluding hydrogens is 258 g/mol. The van der Waals surface area contributed by atoms with Crippen LogP contribution < -0.4 is 10.6 Å². The molecule has 0 aromatic carbocycles. The average molecular weight is 279 g/mol. The summed E-state index contributed by atoms with van der Waals surface area (Å²) in [5.74, 6) is 1.25. The summed E-state index contributed by atoms with van der Waals surface area (Å²) in [7, 11) is 1.87. The average Bonchev–Trinajstić information content (AvgIpc) is 3.01. The first-order valence-corrected chi connectivity index (χ1v) is 7.15. The van der Waals surface area contributed by atoms with Crippen molar-refractivity contribution in [2.45, 2.75) is 25.3 Å². The Morgan fingerprint density at radius 2 is 2.30 bits per heavy atom. The van der Waals surface area contributed by atoms with Crippen molar-refractivity contribution in [3.8, 4) is 0 Å². The van der Waals surface area contributed by atoms with Crippen molar-refractivity contribution in [1.82, 2.24) is 25.1 Å². The lowest BCUT2D eigenvalue weighted by Crippen LogP contribution is -2.46. The number of aromatic nitrogens is 4. The van der Waals surface area contributed by atoms with Gasteiger partial charge in [0, 0.05) is 45.7 Å². The van der Waals surface area contributed by atoms with E-state index < -0.39 is 0 Å². The number of anilines is 1. The first-order valence-electron chi connectivity index (χ1n) is 7.15. The van der Waals surface area contributed by atoms with Crippen LogP contribution >= 0.6 is 0 Å². The first-order chi connectivity index (χ1) is 9.65. The molecule has 1 aromatic rings. The Morgan fingerprint density at radius 1 is 1.45 bits per heavy atom. The summed E-state index contributed by atoms with van der Waals surface area (Å²) in [5.41, 5.74) is 5.24. The van der Waals surface area contributed by atoms with E-state index in [1.807, 2.05) is 7.05 Å². The molecule has 1 amide bonds. The zero-order valence-corrected chi connectivity index (χ0v) is 11.8. The van der Waals surface area contributed by atoms with Crippen molar-refractivity contribution in [2.75, 3.05) is 31.1 Å². The van der Waals surface area contributed by atoms with Crippen molar-refractivity contribution in [1.29, 1.82) is 0 Å². The van der Waals surface area contributed by atoms with Crippen LogP contribution in [0.15, 0.2) is 0 Å². The molecule has 2 unspecified atom stereocenters. The van der Waals surface area contributed by atoms with Crippen molar-refractivity contribution >= 4 is 11.9 Å². The van der Waals surface area contributed by atoms with Crippen molar-refractivity contribution in [3.63, 3.8) is 0 Å². The molecule has 2 aliphatic rings. The normalized spacial score (nSPS) is 26.8. The third-order valence-electron chi connectivity index (χ3n) is 4.39. The number of fused-ring (bicyclic) bond motifs is 1. The zero-order valence-electron chi connectivity index (χ0n) is 11.8. The Morgan fingerprint density at radius 3 is 3.00 bits per heavy atom. The summed E-state index contributed by atoms with van der Waals surface area (Å²) in [5, 5.41) is 11.8. The molecule has 8 nitrogen and oxygen atoms in total. The fourth-order valence-corrected chi connectivity index (χ4v) is 3.44. The molecule has 8 heteroatoms. The molecule has 2 N–H and O–H groups in total. The van der Waals surface area contributed by atoms with E-state index >= 15 is 0 Å². The molecule has 3 rings (SSSR count). The molecule has 110 valence electrons. The highest BCUT2D eigenvalue weighted by atomic mass is 16.1. The van der Waals surface area contributed by atoms with Gasteiger partial charge < -0.3 is 15.5 Å². The van der Waals surface area contributed by atoms with Gasteiger partial charge in [-0.05, 0) is 29.2 Å². The van der Waals surface area contributed by atoms with Gasteiger partial charge in [0.25, 0.3) is 0 Å². The number of primary amides is 1. The molecule has 20 heavy (non-hydrogen) atoms. The van der Waals surface area contributed by atoms with Gasteiger partial charge in [-0.3, -0.25) is 4.79 Å². The molecule has 0 aliphatic carbocycles. The van der Waals surface area contributed by atoms with Crippen LogP contribution in [0, 0.1) is 5.92 Å². The number of carbonyl (C=O) groups excluding carboxylic acids is 1. The summed E-state index contributed by atoms with van der Waals surface area (Å²) < 4.78 is 1.73. The second-order valence-corrected chi connectivity index (χ2v) is 5.74. The Hall–Kier alpha value is -1.70. The Labute approximate surface area is 117 Å². The van der Waals surface area contributed by atoms with E-state index in [-0.39, 0.29) is 5.91 Å². The Bertz CT molecular complexity index is 488. The molecule has 0 bridgehead atoms. The number of tetrazole rings is 1.